The van der Waals surface area contributed by atoms with Crippen LogP contribution in [0.1, 0.15) is 40.0 Å². The summed E-state index contributed by atoms with van der Waals surface area (Å²) < 4.78 is 5.43. The van der Waals surface area contributed by atoms with Crippen LogP contribution in [0.15, 0.2) is 0 Å². The number of carbonyl (C=O) groups is 1. The predicted molar refractivity (Wildman–Crippen MR) is 71.8 cm³/mol. The van der Waals surface area contributed by atoms with Gasteiger partial charge in [-0.15, -0.1) is 0 Å². The minimum Gasteiger partial charge on any atom is -0.392 e. The first-order valence-electron chi connectivity index (χ1n) is 6.20. The number of hydrogen-bond donors (Lipinski definition) is 2. The van der Waals surface area contributed by atoms with Gasteiger partial charge in [-0.1, -0.05) is 26.1 Å². The van der Waals surface area contributed by atoms with Crippen molar-refractivity contribution in [2.45, 2.75) is 52.2 Å². The van der Waals surface area contributed by atoms with Gasteiger partial charge < -0.3 is 15.8 Å². The minimum atomic E-state index is -0.711. The van der Waals surface area contributed by atoms with Gasteiger partial charge in [0.15, 0.2) is 0 Å². The van der Waals surface area contributed by atoms with Gasteiger partial charge in [0, 0.05) is 6.61 Å². The molecule has 0 aromatic heterocycles. The van der Waals surface area contributed by atoms with E-state index in [2.05, 4.69) is 5.32 Å². The Bertz CT molecular complexity index is 303. The molecule has 0 spiro atoms. The Labute approximate surface area is 108 Å². The summed E-state index contributed by atoms with van der Waals surface area (Å²) in [6, 6.07) is 0.0781. The number of nitrogens with one attached hydrogen (secondary N) is 1. The average Bonchev–Trinajstić information content (AvgIpc) is 2.66. The largest absolute Gasteiger partial charge is 0.392 e. The molecule has 1 fully saturated rings. The maximum Gasteiger partial charge on any atom is 0.233 e. The van der Waals surface area contributed by atoms with Crippen LogP contribution in [0.25, 0.3) is 0 Å². The van der Waals surface area contributed by atoms with E-state index in [9.17, 15) is 4.79 Å². The molecule has 0 radical (unpaired) electrons. The third kappa shape index (κ3) is 2.77. The summed E-state index contributed by atoms with van der Waals surface area (Å²) in [6.45, 7) is 6.55. The summed E-state index contributed by atoms with van der Waals surface area (Å²) in [7, 11) is 0. The highest BCUT2D eigenvalue weighted by molar-refractivity contribution is 7.80. The van der Waals surface area contributed by atoms with Crippen molar-refractivity contribution in [1.29, 1.82) is 0 Å². The van der Waals surface area contributed by atoms with Gasteiger partial charge >= 0.3 is 0 Å². The van der Waals surface area contributed by atoms with E-state index in [1.807, 2.05) is 20.8 Å². The van der Waals surface area contributed by atoms with E-state index in [-0.39, 0.29) is 23.0 Å². The van der Waals surface area contributed by atoms with Crippen LogP contribution in [0.3, 0.4) is 0 Å². The van der Waals surface area contributed by atoms with Crippen LogP contribution < -0.4 is 11.1 Å². The van der Waals surface area contributed by atoms with Gasteiger partial charge in [-0.2, -0.15) is 0 Å². The van der Waals surface area contributed by atoms with Crippen molar-refractivity contribution in [2.24, 2.45) is 11.1 Å². The Morgan fingerprint density at radius 3 is 2.47 bits per heavy atom. The van der Waals surface area contributed by atoms with Crippen LogP contribution in [0.5, 0.6) is 0 Å². The van der Waals surface area contributed by atoms with E-state index in [1.165, 1.54) is 0 Å². The number of nitrogens with two attached hydrogens (primary N) is 1. The Morgan fingerprint density at radius 2 is 2.12 bits per heavy atom. The summed E-state index contributed by atoms with van der Waals surface area (Å²) in [5.41, 5.74) is 5.03. The number of amides is 1. The smallest absolute Gasteiger partial charge is 0.233 e. The molecule has 1 aliphatic heterocycles. The average molecular weight is 258 g/mol. The molecule has 0 aromatic rings. The Hall–Kier alpha value is -0.680. The molecule has 98 valence electrons. The fourth-order valence-corrected chi connectivity index (χ4v) is 2.64. The third-order valence-corrected chi connectivity index (χ3v) is 4.20. The number of hydrogen-bond acceptors (Lipinski definition) is 3. The lowest BCUT2D eigenvalue weighted by molar-refractivity contribution is -0.128. The van der Waals surface area contributed by atoms with E-state index < -0.39 is 5.41 Å². The number of ether oxygens (including phenoxy) is 1. The van der Waals surface area contributed by atoms with Crippen LogP contribution in [0, 0.1) is 5.41 Å². The van der Waals surface area contributed by atoms with E-state index in [0.717, 1.165) is 6.42 Å². The van der Waals surface area contributed by atoms with Gasteiger partial charge in [0.1, 0.15) is 0 Å². The van der Waals surface area contributed by atoms with Crippen molar-refractivity contribution >= 4 is 23.1 Å². The molecule has 1 saturated heterocycles. The Balaban J connectivity index is 2.75. The van der Waals surface area contributed by atoms with Crippen molar-refractivity contribution in [2.75, 3.05) is 6.61 Å². The maximum absolute atomic E-state index is 12.3. The lowest BCUT2D eigenvalue weighted by Crippen LogP contribution is -2.52. The van der Waals surface area contributed by atoms with Crippen LogP contribution in [0.4, 0.5) is 0 Å². The normalized spacial score (nSPS) is 24.6. The number of rotatable bonds is 5. The van der Waals surface area contributed by atoms with Crippen molar-refractivity contribution in [3.05, 3.63) is 0 Å². The summed E-state index contributed by atoms with van der Waals surface area (Å²) in [4.78, 5) is 12.6. The van der Waals surface area contributed by atoms with Crippen LogP contribution in [0.2, 0.25) is 0 Å². The van der Waals surface area contributed by atoms with E-state index in [4.69, 9.17) is 22.7 Å². The molecular weight excluding hydrogens is 236 g/mol. The summed E-state index contributed by atoms with van der Waals surface area (Å²) in [5.74, 6) is -0.0580. The Morgan fingerprint density at radius 1 is 1.53 bits per heavy atom. The molecule has 3 N–H and O–H groups in total. The van der Waals surface area contributed by atoms with Gasteiger partial charge in [0.05, 0.1) is 22.5 Å². The monoisotopic (exact) mass is 258 g/mol. The number of carbonyl (C=O) groups excluding carboxylic acids is 1. The SMILES string of the molecule is CCC(CC)(C(=O)NC1CCOC1C)C(N)=S. The van der Waals surface area contributed by atoms with Crippen molar-refractivity contribution < 1.29 is 9.53 Å². The quantitative estimate of drug-likeness (QED) is 0.731. The molecular formula is C12H22N2O2S. The molecule has 0 bridgehead atoms. The molecule has 0 aromatic carbocycles. The van der Waals surface area contributed by atoms with Crippen LogP contribution in [-0.4, -0.2) is 29.6 Å². The molecule has 1 amide bonds. The Kier molecular flexibility index (Phi) is 4.89. The molecule has 0 saturated carbocycles. The van der Waals surface area contributed by atoms with Crippen molar-refractivity contribution in [1.82, 2.24) is 5.32 Å². The van der Waals surface area contributed by atoms with Gasteiger partial charge in [-0.05, 0) is 26.2 Å². The molecule has 2 atom stereocenters. The van der Waals surface area contributed by atoms with Gasteiger partial charge in [0.25, 0.3) is 0 Å². The van der Waals surface area contributed by atoms with Crippen molar-refractivity contribution in [3.63, 3.8) is 0 Å². The van der Waals surface area contributed by atoms with E-state index in [1.54, 1.807) is 0 Å². The molecule has 5 heteroatoms. The van der Waals surface area contributed by atoms with Gasteiger partial charge in [-0.25, -0.2) is 0 Å². The molecule has 1 heterocycles. The topological polar surface area (TPSA) is 64.3 Å². The second-order valence-corrected chi connectivity index (χ2v) is 5.04. The fourth-order valence-electron chi connectivity index (χ4n) is 2.26. The molecule has 1 rings (SSSR count). The molecule has 1 aliphatic rings. The first-order valence-corrected chi connectivity index (χ1v) is 6.61. The molecule has 2 unspecified atom stereocenters. The van der Waals surface area contributed by atoms with Crippen LogP contribution in [-0.2, 0) is 9.53 Å². The second-order valence-electron chi connectivity index (χ2n) is 4.60. The lowest BCUT2D eigenvalue weighted by atomic mass is 9.81. The summed E-state index contributed by atoms with van der Waals surface area (Å²) >= 11 is 5.06. The first kappa shape index (κ1) is 14.4. The standard InChI is InChI=1S/C12H22N2O2S/c1-4-12(5-2,10(13)17)11(15)14-9-6-7-16-8(9)3/h8-9H,4-7H2,1-3H3,(H2,13,17)(H,14,15). The second kappa shape index (κ2) is 5.78. The summed E-state index contributed by atoms with van der Waals surface area (Å²) in [5, 5.41) is 3.02. The molecule has 17 heavy (non-hydrogen) atoms. The zero-order valence-electron chi connectivity index (χ0n) is 10.8. The number of thiocarbonyl (C=S) groups is 1. The highest BCUT2D eigenvalue weighted by Gasteiger charge is 2.40. The minimum absolute atomic E-state index is 0.0580. The fraction of sp³-hybridized carbons (Fsp3) is 0.833. The van der Waals surface area contributed by atoms with Crippen molar-refractivity contribution in [3.8, 4) is 0 Å². The first-order chi connectivity index (χ1) is 7.97. The van der Waals surface area contributed by atoms with E-state index >= 15 is 0 Å². The maximum atomic E-state index is 12.3. The summed E-state index contributed by atoms with van der Waals surface area (Å²) in [6.07, 6.45) is 2.18. The predicted octanol–water partition coefficient (Wildman–Crippen LogP) is 1.37. The zero-order valence-corrected chi connectivity index (χ0v) is 11.6. The zero-order chi connectivity index (χ0) is 13.1. The van der Waals surface area contributed by atoms with Gasteiger partial charge in [0.2, 0.25) is 5.91 Å². The van der Waals surface area contributed by atoms with Gasteiger partial charge in [-0.3, -0.25) is 4.79 Å². The highest BCUT2D eigenvalue weighted by atomic mass is 32.1. The molecule has 4 nitrogen and oxygen atoms in total. The molecule has 0 aliphatic carbocycles. The van der Waals surface area contributed by atoms with E-state index in [0.29, 0.717) is 19.4 Å². The third-order valence-electron chi connectivity index (χ3n) is 3.81. The van der Waals surface area contributed by atoms with Crippen LogP contribution >= 0.6 is 12.2 Å². The lowest BCUT2D eigenvalue weighted by Gasteiger charge is -2.31. The highest BCUT2D eigenvalue weighted by Crippen LogP contribution is 2.28.